The van der Waals surface area contributed by atoms with Crippen LogP contribution in [0.1, 0.15) is 12.2 Å². The molecule has 104 valence electrons. The maximum atomic E-state index is 4.45. The maximum Gasteiger partial charge on any atom is 0.178 e. The predicted octanol–water partition coefficient (Wildman–Crippen LogP) is 2.48. The molecule has 6 nitrogen and oxygen atoms in total. The van der Waals surface area contributed by atoms with Gasteiger partial charge >= 0.3 is 0 Å². The van der Waals surface area contributed by atoms with Crippen LogP contribution in [0.25, 0.3) is 5.65 Å². The van der Waals surface area contributed by atoms with E-state index in [4.69, 9.17) is 0 Å². The summed E-state index contributed by atoms with van der Waals surface area (Å²) in [5.41, 5.74) is 0.771. The maximum absolute atomic E-state index is 4.45. The Morgan fingerprint density at radius 2 is 2.30 bits per heavy atom. The molecule has 0 radical (unpaired) electrons. The van der Waals surface area contributed by atoms with Crippen molar-refractivity contribution in [3.8, 4) is 0 Å². The van der Waals surface area contributed by atoms with Gasteiger partial charge in [0.25, 0.3) is 0 Å². The number of rotatable bonds is 6. The summed E-state index contributed by atoms with van der Waals surface area (Å²) in [5.74, 6) is 2.69. The monoisotopic (exact) mass is 306 g/mol. The molecule has 0 saturated carbocycles. The molecule has 0 fully saturated rings. The quantitative estimate of drug-likeness (QED) is 0.557. The van der Waals surface area contributed by atoms with Crippen molar-refractivity contribution >= 4 is 34.6 Å². The first-order valence-electron chi connectivity index (χ1n) is 6.28. The molecule has 0 aromatic carbocycles. The average molecular weight is 306 g/mol. The lowest BCUT2D eigenvalue weighted by molar-refractivity contribution is 0.865. The highest BCUT2D eigenvalue weighted by molar-refractivity contribution is 8.00. The van der Waals surface area contributed by atoms with Crippen molar-refractivity contribution in [1.82, 2.24) is 24.8 Å². The minimum absolute atomic E-state index is 0.771. The Morgan fingerprint density at radius 3 is 3.15 bits per heavy atom. The van der Waals surface area contributed by atoms with Crippen molar-refractivity contribution in [3.63, 3.8) is 0 Å². The number of hydrogen-bond donors (Lipinski definition) is 1. The molecule has 20 heavy (non-hydrogen) atoms. The molecule has 0 amide bonds. The van der Waals surface area contributed by atoms with E-state index in [1.165, 1.54) is 0 Å². The third-order valence-corrected chi connectivity index (χ3v) is 4.73. The molecule has 3 heterocycles. The number of thioether (sulfide) groups is 1. The molecule has 8 heteroatoms. The zero-order chi connectivity index (χ0) is 13.8. The number of fused-ring (bicyclic) bond motifs is 1. The summed E-state index contributed by atoms with van der Waals surface area (Å²) in [6, 6.07) is 3.84. The van der Waals surface area contributed by atoms with Gasteiger partial charge in [0.15, 0.2) is 11.5 Å². The van der Waals surface area contributed by atoms with Gasteiger partial charge in [0.05, 0.1) is 0 Å². The molecule has 0 saturated heterocycles. The van der Waals surface area contributed by atoms with Crippen LogP contribution in [-0.2, 0) is 0 Å². The number of anilines is 1. The highest BCUT2D eigenvalue weighted by Crippen LogP contribution is 2.20. The molecular weight excluding hydrogens is 292 g/mol. The van der Waals surface area contributed by atoms with E-state index in [2.05, 4.69) is 25.6 Å². The van der Waals surface area contributed by atoms with Crippen LogP contribution in [-0.4, -0.2) is 37.1 Å². The highest BCUT2D eigenvalue weighted by Gasteiger charge is 2.03. The first kappa shape index (κ1) is 13.3. The molecule has 0 aliphatic heterocycles. The first-order valence-corrected chi connectivity index (χ1v) is 8.15. The number of thiazole rings is 1. The van der Waals surface area contributed by atoms with Crippen LogP contribution in [0.15, 0.2) is 28.0 Å². The van der Waals surface area contributed by atoms with Gasteiger partial charge in [-0.15, -0.1) is 26.6 Å². The van der Waals surface area contributed by atoms with Crippen LogP contribution >= 0.6 is 23.1 Å². The minimum Gasteiger partial charge on any atom is -0.369 e. The van der Waals surface area contributed by atoms with E-state index in [0.717, 1.165) is 40.3 Å². The van der Waals surface area contributed by atoms with Crippen LogP contribution in [0.2, 0.25) is 0 Å². The van der Waals surface area contributed by atoms with Gasteiger partial charge in [0.1, 0.15) is 10.2 Å². The van der Waals surface area contributed by atoms with E-state index >= 15 is 0 Å². The van der Waals surface area contributed by atoms with Gasteiger partial charge in [-0.25, -0.2) is 4.98 Å². The Hall–Kier alpha value is -1.67. The Bertz CT molecular complexity index is 678. The summed E-state index contributed by atoms with van der Waals surface area (Å²) < 4.78 is 2.87. The summed E-state index contributed by atoms with van der Waals surface area (Å²) in [6.07, 6.45) is 2.90. The van der Waals surface area contributed by atoms with E-state index in [0.29, 0.717) is 0 Å². The van der Waals surface area contributed by atoms with Gasteiger partial charge in [-0.3, -0.25) is 0 Å². The number of aromatic nitrogens is 5. The molecule has 0 unspecified atom stereocenters. The Morgan fingerprint density at radius 1 is 1.35 bits per heavy atom. The molecule has 0 bridgehead atoms. The summed E-state index contributed by atoms with van der Waals surface area (Å²) >= 11 is 3.47. The highest BCUT2D eigenvalue weighted by atomic mass is 32.2. The van der Waals surface area contributed by atoms with Crippen LogP contribution < -0.4 is 5.32 Å². The molecule has 1 N–H and O–H groups in total. The smallest absolute Gasteiger partial charge is 0.178 e. The van der Waals surface area contributed by atoms with Crippen LogP contribution in [0, 0.1) is 6.92 Å². The molecule has 3 aromatic heterocycles. The molecule has 0 spiro atoms. The van der Waals surface area contributed by atoms with Gasteiger partial charge in [0.2, 0.25) is 0 Å². The van der Waals surface area contributed by atoms with Gasteiger partial charge < -0.3 is 5.32 Å². The van der Waals surface area contributed by atoms with Gasteiger partial charge in [0, 0.05) is 23.9 Å². The lowest BCUT2D eigenvalue weighted by Gasteiger charge is -2.05. The van der Waals surface area contributed by atoms with Gasteiger partial charge in [-0.2, -0.15) is 4.52 Å². The fourth-order valence-corrected chi connectivity index (χ4v) is 3.37. The zero-order valence-corrected chi connectivity index (χ0v) is 12.6. The predicted molar refractivity (Wildman–Crippen MR) is 81.5 cm³/mol. The lowest BCUT2D eigenvalue weighted by atomic mass is 10.4. The van der Waals surface area contributed by atoms with Crippen LogP contribution in [0.3, 0.4) is 0 Å². The Kier molecular flexibility index (Phi) is 4.12. The molecule has 0 atom stereocenters. The fourth-order valence-electron chi connectivity index (χ4n) is 1.72. The van der Waals surface area contributed by atoms with E-state index in [-0.39, 0.29) is 0 Å². The number of nitrogens with one attached hydrogen (secondary N) is 1. The number of aryl methyl sites for hydroxylation is 1. The normalized spacial score (nSPS) is 11.1. The second kappa shape index (κ2) is 6.19. The van der Waals surface area contributed by atoms with Crippen molar-refractivity contribution < 1.29 is 0 Å². The van der Waals surface area contributed by atoms with E-state index in [1.807, 2.05) is 30.6 Å². The second-order valence-electron chi connectivity index (χ2n) is 4.16. The minimum atomic E-state index is 0.771. The summed E-state index contributed by atoms with van der Waals surface area (Å²) in [6.45, 7) is 2.78. The fraction of sp³-hybridized carbons (Fsp3) is 0.333. The van der Waals surface area contributed by atoms with E-state index < -0.39 is 0 Å². The Labute approximate surface area is 124 Å². The topological polar surface area (TPSA) is 68.0 Å². The summed E-state index contributed by atoms with van der Waals surface area (Å²) in [7, 11) is 0. The summed E-state index contributed by atoms with van der Waals surface area (Å²) in [4.78, 5) is 4.24. The molecule has 0 aliphatic carbocycles. The molecule has 0 aliphatic rings. The Balaban J connectivity index is 1.48. The molecule has 3 rings (SSSR count). The van der Waals surface area contributed by atoms with Crippen molar-refractivity contribution in [2.45, 2.75) is 17.7 Å². The van der Waals surface area contributed by atoms with Crippen LogP contribution in [0.5, 0.6) is 0 Å². The zero-order valence-electron chi connectivity index (χ0n) is 11.0. The third kappa shape index (κ3) is 3.07. The second-order valence-corrected chi connectivity index (χ2v) is 6.40. The number of nitrogens with zero attached hydrogens (tertiary/aromatic N) is 5. The van der Waals surface area contributed by atoms with E-state index in [1.54, 1.807) is 27.6 Å². The van der Waals surface area contributed by atoms with Gasteiger partial charge in [-0.05, 0) is 25.5 Å². The SMILES string of the molecule is Cc1nnc2ccc(NCCCSc3nccs3)nn12. The number of hydrogen-bond acceptors (Lipinski definition) is 7. The molecular formula is C12H14N6S2. The standard InChI is InChI=1S/C12H14N6S2/c1-9-15-16-11-4-3-10(17-18(9)11)13-5-2-7-19-12-14-6-8-20-12/h3-4,6,8H,2,5,7H2,1H3,(H,13,17). The van der Waals surface area contributed by atoms with Crippen molar-refractivity contribution in [1.29, 1.82) is 0 Å². The lowest BCUT2D eigenvalue weighted by Crippen LogP contribution is -2.06. The summed E-state index contributed by atoms with van der Waals surface area (Å²) in [5, 5.41) is 17.8. The van der Waals surface area contributed by atoms with E-state index in [9.17, 15) is 0 Å². The largest absolute Gasteiger partial charge is 0.369 e. The molecule has 3 aromatic rings. The van der Waals surface area contributed by atoms with Crippen molar-refractivity contribution in [2.24, 2.45) is 0 Å². The van der Waals surface area contributed by atoms with Crippen LogP contribution in [0.4, 0.5) is 5.82 Å². The van der Waals surface area contributed by atoms with Gasteiger partial charge in [-0.1, -0.05) is 11.8 Å². The van der Waals surface area contributed by atoms with Crippen molar-refractivity contribution in [3.05, 3.63) is 29.5 Å². The average Bonchev–Trinajstić information content (AvgIpc) is 3.09. The first-order chi connectivity index (χ1) is 9.83. The third-order valence-electron chi connectivity index (χ3n) is 2.68. The van der Waals surface area contributed by atoms with Crippen molar-refractivity contribution in [2.75, 3.05) is 17.6 Å².